The first-order chi connectivity index (χ1) is 13.9. The number of fused-ring (bicyclic) bond motifs is 2. The van der Waals surface area contributed by atoms with E-state index in [9.17, 15) is 13.2 Å². The number of carbonyl (C=O) groups is 1. The van der Waals surface area contributed by atoms with Crippen LogP contribution in [0.1, 0.15) is 12.0 Å². The summed E-state index contributed by atoms with van der Waals surface area (Å²) in [5, 5.41) is 2.87. The third-order valence-corrected chi connectivity index (χ3v) is 7.49. The maximum atomic E-state index is 13.3. The second-order valence-corrected chi connectivity index (χ2v) is 8.99. The van der Waals surface area contributed by atoms with Gasteiger partial charge in [-0.2, -0.15) is 4.31 Å². The van der Waals surface area contributed by atoms with Gasteiger partial charge in [-0.1, -0.05) is 0 Å². The number of amides is 1. The fourth-order valence-corrected chi connectivity index (χ4v) is 5.55. The molecule has 2 aromatic carbocycles. The molecule has 2 heterocycles. The number of carbonyl (C=O) groups excluding carboxylic acids is 1. The number of nitrogens with zero attached hydrogens (tertiary/aromatic N) is 1. The van der Waals surface area contributed by atoms with Crippen LogP contribution in [-0.4, -0.2) is 53.0 Å². The van der Waals surface area contributed by atoms with E-state index in [4.69, 9.17) is 14.2 Å². The highest BCUT2D eigenvalue weighted by molar-refractivity contribution is 7.89. The van der Waals surface area contributed by atoms with Gasteiger partial charge in [0.25, 0.3) is 0 Å². The summed E-state index contributed by atoms with van der Waals surface area (Å²) in [4.78, 5) is 12.9. The number of hydrogen-bond donors (Lipinski definition) is 1. The van der Waals surface area contributed by atoms with Crippen LogP contribution >= 0.6 is 0 Å². The van der Waals surface area contributed by atoms with Gasteiger partial charge in [-0.15, -0.1) is 0 Å². The summed E-state index contributed by atoms with van der Waals surface area (Å²) in [6.07, 6.45) is 0.394. The van der Waals surface area contributed by atoms with Gasteiger partial charge in [0.1, 0.15) is 5.75 Å². The van der Waals surface area contributed by atoms with Gasteiger partial charge in [-0.3, -0.25) is 4.79 Å². The number of hydrogen-bond acceptors (Lipinski definition) is 6. The van der Waals surface area contributed by atoms with Gasteiger partial charge in [0, 0.05) is 24.8 Å². The molecule has 1 N–H and O–H groups in total. The zero-order chi connectivity index (χ0) is 20.8. The van der Waals surface area contributed by atoms with Crippen LogP contribution in [0, 0.1) is 0 Å². The predicted molar refractivity (Wildman–Crippen MR) is 106 cm³/mol. The van der Waals surface area contributed by atoms with Crippen molar-refractivity contribution in [2.24, 2.45) is 0 Å². The summed E-state index contributed by atoms with van der Waals surface area (Å²) >= 11 is 0. The van der Waals surface area contributed by atoms with E-state index in [0.29, 0.717) is 29.4 Å². The lowest BCUT2D eigenvalue weighted by Crippen LogP contribution is -2.39. The highest BCUT2D eigenvalue weighted by Gasteiger charge is 2.53. The van der Waals surface area contributed by atoms with E-state index >= 15 is 0 Å². The smallest absolute Gasteiger partial charge is 0.243 e. The Kier molecular flexibility index (Phi) is 4.66. The van der Waals surface area contributed by atoms with E-state index in [1.165, 1.54) is 30.7 Å². The van der Waals surface area contributed by atoms with Crippen LogP contribution in [0.4, 0.5) is 5.69 Å². The summed E-state index contributed by atoms with van der Waals surface area (Å²) in [5.41, 5.74) is 0.543. The first-order valence-electron chi connectivity index (χ1n) is 9.08. The molecule has 8 nitrogen and oxygen atoms in total. The molecule has 0 unspecified atom stereocenters. The van der Waals surface area contributed by atoms with Crippen molar-refractivity contribution in [2.45, 2.75) is 16.7 Å². The highest BCUT2D eigenvalue weighted by Crippen LogP contribution is 2.46. The maximum absolute atomic E-state index is 13.3. The predicted octanol–water partition coefficient (Wildman–Crippen LogP) is 2.00. The van der Waals surface area contributed by atoms with Gasteiger partial charge in [-0.05, 0) is 42.3 Å². The van der Waals surface area contributed by atoms with Crippen molar-refractivity contribution >= 4 is 21.6 Å². The van der Waals surface area contributed by atoms with E-state index in [1.807, 2.05) is 0 Å². The monoisotopic (exact) mass is 418 g/mol. The molecular formula is C20H22N2O6S. The van der Waals surface area contributed by atoms with E-state index < -0.39 is 15.4 Å². The molecule has 1 amide bonds. The molecule has 0 bridgehead atoms. The SMILES string of the molecule is COc1ccc2c(c1)[C@]1(CCN(S(=O)(=O)c3ccc(OC)c(OC)c3)C1)C(=O)N2. The Labute approximate surface area is 169 Å². The van der Waals surface area contributed by atoms with E-state index in [2.05, 4.69) is 5.32 Å². The molecule has 0 radical (unpaired) electrons. The van der Waals surface area contributed by atoms with Gasteiger partial charge in [0.15, 0.2) is 11.5 Å². The molecule has 0 aromatic heterocycles. The molecule has 2 aromatic rings. The molecular weight excluding hydrogens is 396 g/mol. The summed E-state index contributed by atoms with van der Waals surface area (Å²) in [5.74, 6) is 1.21. The van der Waals surface area contributed by atoms with Gasteiger partial charge in [0.2, 0.25) is 15.9 Å². The average Bonchev–Trinajstić information content (AvgIpc) is 3.31. The fraction of sp³-hybridized carbons (Fsp3) is 0.350. The average molecular weight is 418 g/mol. The van der Waals surface area contributed by atoms with Crippen molar-refractivity contribution in [3.8, 4) is 17.2 Å². The van der Waals surface area contributed by atoms with Crippen LogP contribution in [0.25, 0.3) is 0 Å². The van der Waals surface area contributed by atoms with Crippen LogP contribution in [0.5, 0.6) is 17.2 Å². The van der Waals surface area contributed by atoms with Crippen LogP contribution in [-0.2, 0) is 20.2 Å². The first-order valence-corrected chi connectivity index (χ1v) is 10.5. The minimum absolute atomic E-state index is 0.0652. The van der Waals surface area contributed by atoms with Crippen molar-refractivity contribution < 1.29 is 27.4 Å². The molecule has 0 saturated carbocycles. The zero-order valence-corrected chi connectivity index (χ0v) is 17.2. The van der Waals surface area contributed by atoms with Gasteiger partial charge < -0.3 is 19.5 Å². The molecule has 0 aliphatic carbocycles. The molecule has 1 atom stereocenters. The summed E-state index contributed by atoms with van der Waals surface area (Å²) in [6.45, 7) is 0.302. The Morgan fingerprint density at radius 1 is 1.00 bits per heavy atom. The minimum atomic E-state index is -3.81. The van der Waals surface area contributed by atoms with Gasteiger partial charge in [0.05, 0.1) is 31.6 Å². The minimum Gasteiger partial charge on any atom is -0.497 e. The molecule has 4 rings (SSSR count). The Morgan fingerprint density at radius 2 is 1.76 bits per heavy atom. The maximum Gasteiger partial charge on any atom is 0.243 e. The lowest BCUT2D eigenvalue weighted by molar-refractivity contribution is -0.120. The quantitative estimate of drug-likeness (QED) is 0.798. The van der Waals surface area contributed by atoms with E-state index in [1.54, 1.807) is 31.4 Å². The number of anilines is 1. The van der Waals surface area contributed by atoms with Gasteiger partial charge >= 0.3 is 0 Å². The Morgan fingerprint density at radius 3 is 2.45 bits per heavy atom. The number of ether oxygens (including phenoxy) is 3. The third-order valence-electron chi connectivity index (χ3n) is 5.65. The van der Waals surface area contributed by atoms with Crippen molar-refractivity contribution in [1.29, 1.82) is 0 Å². The summed E-state index contributed by atoms with van der Waals surface area (Å²) in [6, 6.07) is 9.83. The largest absolute Gasteiger partial charge is 0.497 e. The summed E-state index contributed by atoms with van der Waals surface area (Å²) in [7, 11) is 0.679. The number of methoxy groups -OCH3 is 3. The lowest BCUT2D eigenvalue weighted by Gasteiger charge is -2.23. The van der Waals surface area contributed by atoms with Gasteiger partial charge in [-0.25, -0.2) is 8.42 Å². The topological polar surface area (TPSA) is 94.2 Å². The van der Waals surface area contributed by atoms with Crippen molar-refractivity contribution in [1.82, 2.24) is 4.31 Å². The van der Waals surface area contributed by atoms with Crippen molar-refractivity contribution in [3.05, 3.63) is 42.0 Å². The Hall–Kier alpha value is -2.78. The fourth-order valence-electron chi connectivity index (χ4n) is 4.03. The van der Waals surface area contributed by atoms with Crippen LogP contribution in [0.15, 0.2) is 41.3 Å². The number of sulfonamides is 1. The molecule has 29 heavy (non-hydrogen) atoms. The molecule has 2 aliphatic rings. The number of rotatable bonds is 5. The van der Waals surface area contributed by atoms with E-state index in [-0.39, 0.29) is 23.9 Å². The normalized spacial score (nSPS) is 21.1. The van der Waals surface area contributed by atoms with Crippen molar-refractivity contribution in [3.63, 3.8) is 0 Å². The molecule has 1 saturated heterocycles. The summed E-state index contributed by atoms with van der Waals surface area (Å²) < 4.78 is 43.6. The molecule has 1 fully saturated rings. The number of benzene rings is 2. The molecule has 154 valence electrons. The molecule has 2 aliphatic heterocycles. The standard InChI is InChI=1S/C20H22N2O6S/c1-26-13-4-6-16-15(10-13)20(19(23)21-16)8-9-22(12-20)29(24,25)14-5-7-17(27-2)18(11-14)28-3/h4-7,10-11H,8-9,12H2,1-3H3,(H,21,23)/t20-/m1/s1. The Bertz CT molecular complexity index is 1080. The first kappa shape index (κ1) is 19.5. The van der Waals surface area contributed by atoms with Crippen LogP contribution < -0.4 is 19.5 Å². The molecule has 1 spiro atoms. The van der Waals surface area contributed by atoms with Crippen LogP contribution in [0.3, 0.4) is 0 Å². The third kappa shape index (κ3) is 2.92. The van der Waals surface area contributed by atoms with E-state index in [0.717, 1.165) is 5.56 Å². The second kappa shape index (κ2) is 6.93. The van der Waals surface area contributed by atoms with Crippen molar-refractivity contribution in [2.75, 3.05) is 39.7 Å². The lowest BCUT2D eigenvalue weighted by atomic mass is 9.81. The highest BCUT2D eigenvalue weighted by atomic mass is 32.2. The Balaban J connectivity index is 1.69. The molecule has 9 heteroatoms. The van der Waals surface area contributed by atoms with Crippen LogP contribution in [0.2, 0.25) is 0 Å². The zero-order valence-electron chi connectivity index (χ0n) is 16.4. The second-order valence-electron chi connectivity index (χ2n) is 7.05. The number of nitrogens with one attached hydrogen (secondary N) is 1.